The molecule has 0 unspecified atom stereocenters. The SMILES string of the molecule is CCCCCCCCCC(C)=O.CCCCCCCCCC/C=C\CCCCCCCC(=O)Cl.CCCCCCCCCCCC(C)=O.CCCCCCCCCCCCCC(C)=O. The van der Waals surface area contributed by atoms with E-state index < -0.39 is 0 Å². The van der Waals surface area contributed by atoms with Crippen LogP contribution < -0.4 is 0 Å². The largest absolute Gasteiger partial charge is 0.300 e. The molecular formula is C59H115ClO4. The van der Waals surface area contributed by atoms with Crippen molar-refractivity contribution < 1.29 is 19.2 Å². The molecule has 0 fully saturated rings. The van der Waals surface area contributed by atoms with Gasteiger partial charge in [-0.3, -0.25) is 4.79 Å². The molecule has 0 spiro atoms. The summed E-state index contributed by atoms with van der Waals surface area (Å²) in [4.78, 5) is 42.5. The van der Waals surface area contributed by atoms with E-state index in [1.807, 2.05) is 0 Å². The van der Waals surface area contributed by atoms with E-state index in [2.05, 4.69) is 39.8 Å². The van der Waals surface area contributed by atoms with E-state index in [0.717, 1.165) is 51.4 Å². The van der Waals surface area contributed by atoms with Gasteiger partial charge in [-0.05, 0) is 83.7 Å². The lowest BCUT2D eigenvalue weighted by Crippen LogP contribution is -1.89. The number of rotatable bonds is 47. The molecule has 5 heteroatoms. The van der Waals surface area contributed by atoms with Crippen molar-refractivity contribution in [3.05, 3.63) is 12.2 Å². The van der Waals surface area contributed by atoms with Crippen molar-refractivity contribution in [3.63, 3.8) is 0 Å². The fourth-order valence-corrected chi connectivity index (χ4v) is 7.88. The number of ketones is 3. The standard InChI is InChI=1S/C20H37ClO.C15H30O.C13H26O.C11H22O/c1-2-3-4-5-6-7-8-9-10-11-12-13-14-15-16-17-18-19-20(21)22;1-3-4-5-6-7-8-9-10-11-12-13-14-15(2)16;1-3-4-5-6-7-8-9-10-11-12-13(2)14;1-3-4-5-6-7-8-9-10-11(2)12/h11-12H,2-10,13-19H2,1H3;3-14H2,1-2H3;3-12H2,1-2H3;3-10H2,1-2H3/b12-11-;;;. The first-order chi connectivity index (χ1) is 31.1. The second kappa shape index (κ2) is 66.0. The number of halogens is 1. The van der Waals surface area contributed by atoms with Crippen LogP contribution in [0.5, 0.6) is 0 Å². The van der Waals surface area contributed by atoms with Crippen LogP contribution in [0.3, 0.4) is 0 Å². The van der Waals surface area contributed by atoms with Gasteiger partial charge in [-0.15, -0.1) is 0 Å². The molecule has 0 aliphatic carbocycles. The molecule has 0 aliphatic heterocycles. The number of carbonyl (C=O) groups is 4. The van der Waals surface area contributed by atoms with Gasteiger partial charge in [-0.25, -0.2) is 0 Å². The quantitative estimate of drug-likeness (QED) is 0.0346. The topological polar surface area (TPSA) is 68.3 Å². The van der Waals surface area contributed by atoms with Gasteiger partial charge in [0, 0.05) is 25.7 Å². The second-order valence-corrected chi connectivity index (χ2v) is 19.7. The molecule has 4 nitrogen and oxygen atoms in total. The molecule has 0 radical (unpaired) electrons. The maximum Gasteiger partial charge on any atom is 0.221 e. The number of hydrogen-bond donors (Lipinski definition) is 0. The van der Waals surface area contributed by atoms with Crippen LogP contribution >= 0.6 is 11.6 Å². The van der Waals surface area contributed by atoms with Crippen LogP contribution in [0.4, 0.5) is 0 Å². The molecule has 0 aromatic rings. The monoisotopic (exact) mass is 923 g/mol. The zero-order chi connectivity index (χ0) is 48.3. The van der Waals surface area contributed by atoms with Gasteiger partial charge in [0.25, 0.3) is 0 Å². The maximum atomic E-state index is 10.7. The third-order valence-electron chi connectivity index (χ3n) is 12.0. The Morgan fingerprint density at radius 2 is 0.438 bits per heavy atom. The third kappa shape index (κ3) is 84.2. The minimum absolute atomic E-state index is 0.191. The van der Waals surface area contributed by atoms with E-state index in [1.165, 1.54) is 238 Å². The summed E-state index contributed by atoms with van der Waals surface area (Å²) in [5, 5.41) is -0.191. The highest BCUT2D eigenvalue weighted by Crippen LogP contribution is 2.14. The second-order valence-electron chi connectivity index (χ2n) is 19.2. The van der Waals surface area contributed by atoms with Gasteiger partial charge >= 0.3 is 0 Å². The minimum Gasteiger partial charge on any atom is -0.300 e. The number of unbranched alkanes of at least 4 members (excludes halogenated alkanes) is 37. The predicted octanol–water partition coefficient (Wildman–Crippen LogP) is 21.1. The molecule has 0 bridgehead atoms. The van der Waals surface area contributed by atoms with Gasteiger partial charge in [0.1, 0.15) is 17.3 Å². The Hall–Kier alpha value is -1.29. The highest BCUT2D eigenvalue weighted by Gasteiger charge is 1.98. The number of allylic oxidation sites excluding steroid dienone is 2. The Balaban J connectivity index is -0.000000385. The fraction of sp³-hybridized carbons (Fsp3) is 0.898. The Labute approximate surface area is 407 Å². The molecule has 0 aromatic carbocycles. The smallest absolute Gasteiger partial charge is 0.221 e. The molecule has 64 heavy (non-hydrogen) atoms. The van der Waals surface area contributed by atoms with Gasteiger partial charge in [0.2, 0.25) is 5.24 Å². The van der Waals surface area contributed by atoms with Crippen LogP contribution in [0, 0.1) is 0 Å². The fourth-order valence-electron chi connectivity index (χ4n) is 7.74. The lowest BCUT2D eigenvalue weighted by molar-refractivity contribution is -0.117. The summed E-state index contributed by atoms with van der Waals surface area (Å²) in [7, 11) is 0. The minimum atomic E-state index is -0.191. The van der Waals surface area contributed by atoms with Crippen molar-refractivity contribution in [2.24, 2.45) is 0 Å². The summed E-state index contributed by atoms with van der Waals surface area (Å²) in [6.07, 6.45) is 63.1. The molecule has 382 valence electrons. The third-order valence-corrected chi connectivity index (χ3v) is 12.2. The zero-order valence-corrected chi connectivity index (χ0v) is 45.4. The average Bonchev–Trinajstić information content (AvgIpc) is 3.26. The molecule has 0 aromatic heterocycles. The molecule has 0 atom stereocenters. The molecule has 0 N–H and O–H groups in total. The normalized spacial score (nSPS) is 10.8. The van der Waals surface area contributed by atoms with Gasteiger partial charge in [-0.2, -0.15) is 0 Å². The summed E-state index contributed by atoms with van der Waals surface area (Å²) < 4.78 is 0. The Bertz CT molecular complexity index is 943. The molecule has 0 rings (SSSR count). The van der Waals surface area contributed by atoms with Crippen LogP contribution in [0.2, 0.25) is 0 Å². The first-order valence-corrected chi connectivity index (χ1v) is 28.8. The van der Waals surface area contributed by atoms with Crippen LogP contribution in [0.25, 0.3) is 0 Å². The lowest BCUT2D eigenvalue weighted by Gasteiger charge is -2.01. The van der Waals surface area contributed by atoms with Crippen molar-refractivity contribution in [1.82, 2.24) is 0 Å². The van der Waals surface area contributed by atoms with Crippen LogP contribution in [0.15, 0.2) is 12.2 Å². The van der Waals surface area contributed by atoms with Gasteiger partial charge in [0.05, 0.1) is 0 Å². The van der Waals surface area contributed by atoms with E-state index in [4.69, 9.17) is 11.6 Å². The van der Waals surface area contributed by atoms with E-state index in [1.54, 1.807) is 20.8 Å². The van der Waals surface area contributed by atoms with Crippen LogP contribution in [-0.4, -0.2) is 22.6 Å². The molecule has 0 saturated heterocycles. The molecule has 0 amide bonds. The van der Waals surface area contributed by atoms with Crippen molar-refractivity contribution in [3.8, 4) is 0 Å². The van der Waals surface area contributed by atoms with E-state index in [9.17, 15) is 19.2 Å². The van der Waals surface area contributed by atoms with E-state index >= 15 is 0 Å². The highest BCUT2D eigenvalue weighted by molar-refractivity contribution is 6.63. The lowest BCUT2D eigenvalue weighted by atomic mass is 10.0. The van der Waals surface area contributed by atoms with Crippen molar-refractivity contribution in [2.45, 2.75) is 344 Å². The molecular weight excluding hydrogens is 808 g/mol. The average molecular weight is 924 g/mol. The number of Topliss-reactive ketones (excluding diaryl/α,β-unsaturated/α-hetero) is 3. The van der Waals surface area contributed by atoms with Gasteiger partial charge in [-0.1, -0.05) is 258 Å². The van der Waals surface area contributed by atoms with Crippen LogP contribution in [0.1, 0.15) is 344 Å². The summed E-state index contributed by atoms with van der Waals surface area (Å²) in [6.45, 7) is 14.1. The molecule has 0 saturated carbocycles. The summed E-state index contributed by atoms with van der Waals surface area (Å²) >= 11 is 5.30. The summed E-state index contributed by atoms with van der Waals surface area (Å²) in [5.74, 6) is 1.02. The highest BCUT2D eigenvalue weighted by atomic mass is 35.5. The number of carbonyl (C=O) groups excluding carboxylic acids is 4. The number of hydrogen-bond acceptors (Lipinski definition) is 4. The molecule has 0 aliphatic rings. The van der Waals surface area contributed by atoms with Crippen LogP contribution in [-0.2, 0) is 19.2 Å². The Kier molecular flexibility index (Phi) is 71.4. The van der Waals surface area contributed by atoms with Crippen molar-refractivity contribution in [2.75, 3.05) is 0 Å². The van der Waals surface area contributed by atoms with Crippen molar-refractivity contribution in [1.29, 1.82) is 0 Å². The Morgan fingerprint density at radius 1 is 0.266 bits per heavy atom. The zero-order valence-electron chi connectivity index (χ0n) is 44.7. The first kappa shape index (κ1) is 69.3. The van der Waals surface area contributed by atoms with Crippen molar-refractivity contribution >= 4 is 34.2 Å². The maximum absolute atomic E-state index is 10.7. The van der Waals surface area contributed by atoms with E-state index in [0.29, 0.717) is 23.8 Å². The molecule has 0 heterocycles. The van der Waals surface area contributed by atoms with E-state index in [-0.39, 0.29) is 5.24 Å². The Morgan fingerprint density at radius 3 is 0.625 bits per heavy atom. The van der Waals surface area contributed by atoms with Gasteiger partial charge < -0.3 is 14.4 Å². The predicted molar refractivity (Wildman–Crippen MR) is 287 cm³/mol. The first-order valence-electron chi connectivity index (χ1n) is 28.4. The summed E-state index contributed by atoms with van der Waals surface area (Å²) in [6, 6.07) is 0. The summed E-state index contributed by atoms with van der Waals surface area (Å²) in [5.41, 5.74) is 0. The van der Waals surface area contributed by atoms with Gasteiger partial charge in [0.15, 0.2) is 0 Å².